The normalized spacial score (nSPS) is 13.9. The Labute approximate surface area is 269 Å². The molecule has 218 valence electrons. The maximum absolute atomic E-state index is 5.45. The second-order valence-corrected chi connectivity index (χ2v) is 12.7. The smallest absolute Gasteiger partial charge is 0.162 e. The summed E-state index contributed by atoms with van der Waals surface area (Å²) < 4.78 is 0. The molecule has 1 aromatic heterocycles. The van der Waals surface area contributed by atoms with Crippen LogP contribution in [0.25, 0.3) is 56.7 Å². The van der Waals surface area contributed by atoms with Crippen LogP contribution in [0.3, 0.4) is 0 Å². The molecule has 0 bridgehead atoms. The van der Waals surface area contributed by atoms with Gasteiger partial charge in [-0.15, -0.1) is 0 Å². The van der Waals surface area contributed by atoms with Gasteiger partial charge in [-0.1, -0.05) is 153 Å². The zero-order valence-electron chi connectivity index (χ0n) is 25.8. The van der Waals surface area contributed by atoms with E-state index < -0.39 is 0 Å². The van der Waals surface area contributed by atoms with Crippen molar-refractivity contribution in [2.75, 3.05) is 4.90 Å². The maximum atomic E-state index is 5.45. The third-order valence-electron chi connectivity index (χ3n) is 9.61. The van der Waals surface area contributed by atoms with Crippen molar-refractivity contribution in [3.63, 3.8) is 0 Å². The molecule has 2 aliphatic rings. The average Bonchev–Trinajstić information content (AvgIpc) is 3.22. The van der Waals surface area contributed by atoms with Crippen molar-refractivity contribution in [2.45, 2.75) is 19.3 Å². The van der Waals surface area contributed by atoms with E-state index in [1.54, 1.807) is 0 Å². The van der Waals surface area contributed by atoms with Crippen LogP contribution in [0.4, 0.5) is 17.2 Å². The van der Waals surface area contributed by atoms with Crippen LogP contribution in [0, 0.1) is 0 Å². The molecule has 7 aromatic rings. The molecule has 0 atom stereocenters. The van der Waals surface area contributed by atoms with Crippen molar-refractivity contribution in [1.82, 2.24) is 9.97 Å². The third kappa shape index (κ3) is 3.98. The van der Waals surface area contributed by atoms with Crippen LogP contribution in [-0.2, 0) is 5.41 Å². The molecule has 0 spiro atoms. The second kappa shape index (κ2) is 10.1. The van der Waals surface area contributed by atoms with Crippen LogP contribution in [-0.4, -0.2) is 9.97 Å². The first-order chi connectivity index (χ1) is 22.6. The summed E-state index contributed by atoms with van der Waals surface area (Å²) in [6, 6.07) is 49.5. The number of nitrogens with zero attached hydrogens (tertiary/aromatic N) is 3. The number of hydrogen-bond donors (Lipinski definition) is 0. The number of aromatic nitrogens is 2. The lowest BCUT2D eigenvalue weighted by molar-refractivity contribution is 0.660. The third-order valence-corrected chi connectivity index (χ3v) is 9.61. The Bertz CT molecular complexity index is 2340. The first-order valence-electron chi connectivity index (χ1n) is 15.9. The molecule has 0 unspecified atom stereocenters. The van der Waals surface area contributed by atoms with Gasteiger partial charge in [-0.2, -0.15) is 0 Å². The largest absolute Gasteiger partial charge is 0.293 e. The van der Waals surface area contributed by atoms with E-state index in [0.29, 0.717) is 5.82 Å². The summed E-state index contributed by atoms with van der Waals surface area (Å²) in [6.07, 6.45) is 4.50. The van der Waals surface area contributed by atoms with Gasteiger partial charge in [0.25, 0.3) is 0 Å². The van der Waals surface area contributed by atoms with Crippen molar-refractivity contribution in [1.29, 1.82) is 0 Å². The van der Waals surface area contributed by atoms with Crippen molar-refractivity contribution >= 4 is 40.1 Å². The SMILES string of the molecule is CC1(C)c2ccccc2-c2ccc3c(c21)N(c1cc(-c2ccccc2)nc(-c2cccc4ccccc24)n1)c1ccccc1C=C3. The lowest BCUT2D eigenvalue weighted by atomic mass is 9.80. The highest BCUT2D eigenvalue weighted by Crippen LogP contribution is 2.56. The molecule has 0 radical (unpaired) electrons. The fraction of sp³-hybridized carbons (Fsp3) is 0.0698. The summed E-state index contributed by atoms with van der Waals surface area (Å²) in [6.45, 7) is 4.71. The minimum Gasteiger partial charge on any atom is -0.293 e. The van der Waals surface area contributed by atoms with Gasteiger partial charge in [-0.25, -0.2) is 9.97 Å². The van der Waals surface area contributed by atoms with Crippen molar-refractivity contribution in [2.24, 2.45) is 0 Å². The minimum atomic E-state index is -0.212. The first kappa shape index (κ1) is 26.6. The van der Waals surface area contributed by atoms with E-state index in [-0.39, 0.29) is 5.41 Å². The highest BCUT2D eigenvalue weighted by Gasteiger charge is 2.40. The molecule has 0 saturated carbocycles. The predicted octanol–water partition coefficient (Wildman–Crippen LogP) is 11.2. The molecule has 2 heterocycles. The van der Waals surface area contributed by atoms with E-state index in [4.69, 9.17) is 9.97 Å². The van der Waals surface area contributed by atoms with E-state index in [1.807, 2.05) is 6.07 Å². The van der Waals surface area contributed by atoms with Crippen LogP contribution in [0.1, 0.15) is 36.1 Å². The maximum Gasteiger partial charge on any atom is 0.162 e. The topological polar surface area (TPSA) is 29.0 Å². The highest BCUT2D eigenvalue weighted by atomic mass is 15.2. The Balaban J connectivity index is 1.38. The van der Waals surface area contributed by atoms with Crippen LogP contribution >= 0.6 is 0 Å². The van der Waals surface area contributed by atoms with E-state index >= 15 is 0 Å². The predicted molar refractivity (Wildman–Crippen MR) is 192 cm³/mol. The molecule has 0 fully saturated rings. The van der Waals surface area contributed by atoms with Gasteiger partial charge in [-0.05, 0) is 50.2 Å². The van der Waals surface area contributed by atoms with Crippen LogP contribution < -0.4 is 4.90 Å². The number of anilines is 3. The molecular weight excluding hydrogens is 558 g/mol. The molecule has 0 N–H and O–H groups in total. The fourth-order valence-electron chi connectivity index (χ4n) is 7.45. The van der Waals surface area contributed by atoms with Gasteiger partial charge in [0.05, 0.1) is 17.1 Å². The van der Waals surface area contributed by atoms with Gasteiger partial charge >= 0.3 is 0 Å². The van der Waals surface area contributed by atoms with Crippen molar-refractivity contribution in [3.05, 3.63) is 162 Å². The van der Waals surface area contributed by atoms with E-state index in [2.05, 4.69) is 164 Å². The van der Waals surface area contributed by atoms with Crippen molar-refractivity contribution in [3.8, 4) is 33.8 Å². The van der Waals surface area contributed by atoms with Gasteiger partial charge in [0, 0.05) is 22.6 Å². The van der Waals surface area contributed by atoms with Gasteiger partial charge in [0.15, 0.2) is 5.82 Å². The molecule has 1 aliphatic heterocycles. The first-order valence-corrected chi connectivity index (χ1v) is 15.9. The Hall–Kier alpha value is -5.80. The Morgan fingerprint density at radius 2 is 1.28 bits per heavy atom. The summed E-state index contributed by atoms with van der Waals surface area (Å²) in [4.78, 5) is 13.1. The van der Waals surface area contributed by atoms with E-state index in [0.717, 1.165) is 39.3 Å². The molecule has 1 aliphatic carbocycles. The standard InChI is InChI=1S/C43H31N3/c1-43(2)36-21-10-9-19-33(36)34-26-25-31-24-23-30-16-7-11-22-38(30)46(41(31)40(34)43)39-27-37(29-14-4-3-5-15-29)44-42(45-39)35-20-12-17-28-13-6-8-18-32(28)35/h3-27H,1-2H3. The molecule has 0 saturated heterocycles. The molecule has 9 rings (SSSR count). The van der Waals surface area contributed by atoms with Gasteiger partial charge in [-0.3, -0.25) is 4.90 Å². The second-order valence-electron chi connectivity index (χ2n) is 12.7. The Kier molecular flexibility index (Phi) is 5.85. The summed E-state index contributed by atoms with van der Waals surface area (Å²) in [5.74, 6) is 1.55. The van der Waals surface area contributed by atoms with Crippen LogP contribution in [0.15, 0.2) is 140 Å². The molecule has 6 aromatic carbocycles. The molecule has 0 amide bonds. The highest BCUT2D eigenvalue weighted by molar-refractivity contribution is 6.00. The quantitative estimate of drug-likeness (QED) is 0.205. The van der Waals surface area contributed by atoms with Gasteiger partial charge in [0.1, 0.15) is 5.82 Å². The van der Waals surface area contributed by atoms with E-state index in [9.17, 15) is 0 Å². The zero-order valence-corrected chi connectivity index (χ0v) is 25.8. The Morgan fingerprint density at radius 1 is 0.565 bits per heavy atom. The number of rotatable bonds is 3. The lowest BCUT2D eigenvalue weighted by Gasteiger charge is -2.33. The number of para-hydroxylation sites is 1. The number of benzene rings is 6. The zero-order chi connectivity index (χ0) is 30.8. The summed E-state index contributed by atoms with van der Waals surface area (Å²) in [5.41, 5.74) is 12.6. The van der Waals surface area contributed by atoms with Crippen molar-refractivity contribution < 1.29 is 0 Å². The monoisotopic (exact) mass is 589 g/mol. The fourth-order valence-corrected chi connectivity index (χ4v) is 7.45. The van der Waals surface area contributed by atoms with Crippen LogP contribution in [0.2, 0.25) is 0 Å². The molecular formula is C43H31N3. The summed E-state index contributed by atoms with van der Waals surface area (Å²) in [5, 5.41) is 2.30. The van der Waals surface area contributed by atoms with Gasteiger partial charge < -0.3 is 0 Å². The molecule has 3 nitrogen and oxygen atoms in total. The Morgan fingerprint density at radius 3 is 2.20 bits per heavy atom. The summed E-state index contributed by atoms with van der Waals surface area (Å²) in [7, 11) is 0. The molecule has 46 heavy (non-hydrogen) atoms. The summed E-state index contributed by atoms with van der Waals surface area (Å²) >= 11 is 0. The van der Waals surface area contributed by atoms with Gasteiger partial charge in [0.2, 0.25) is 0 Å². The number of hydrogen-bond acceptors (Lipinski definition) is 3. The number of fused-ring (bicyclic) bond motifs is 7. The average molecular weight is 590 g/mol. The minimum absolute atomic E-state index is 0.212. The molecule has 3 heteroatoms. The lowest BCUT2D eigenvalue weighted by Crippen LogP contribution is -2.22. The van der Waals surface area contributed by atoms with Crippen LogP contribution in [0.5, 0.6) is 0 Å². The van der Waals surface area contributed by atoms with E-state index in [1.165, 1.54) is 38.9 Å².